The van der Waals surface area contributed by atoms with Crippen LogP contribution in [-0.4, -0.2) is 21.1 Å². The summed E-state index contributed by atoms with van der Waals surface area (Å²) in [4.78, 5) is 21.6. The van der Waals surface area contributed by atoms with Crippen LogP contribution in [0.1, 0.15) is 19.2 Å². The lowest BCUT2D eigenvalue weighted by molar-refractivity contribution is -0.115. The zero-order valence-electron chi connectivity index (χ0n) is 15.1. The quantitative estimate of drug-likeness (QED) is 0.477. The number of rotatable bonds is 6. The second kappa shape index (κ2) is 8.77. The first-order valence-corrected chi connectivity index (χ1v) is 9.57. The molecule has 0 saturated carbocycles. The van der Waals surface area contributed by atoms with Gasteiger partial charge >= 0.3 is 0 Å². The predicted molar refractivity (Wildman–Crippen MR) is 107 cm³/mol. The first-order valence-electron chi connectivity index (χ1n) is 8.69. The molecular weight excluding hydrogens is 361 g/mol. The molecule has 1 aromatic heterocycles. The number of anilines is 1. The Bertz CT molecular complexity index is 916. The van der Waals surface area contributed by atoms with Crippen LogP contribution in [-0.2, 0) is 4.79 Å². The zero-order chi connectivity index (χ0) is 19.2. The van der Waals surface area contributed by atoms with Crippen molar-refractivity contribution in [3.05, 3.63) is 72.3 Å². The maximum absolute atomic E-state index is 13.0. The average Bonchev–Trinajstić information content (AvgIpc) is 2.68. The fourth-order valence-corrected chi connectivity index (χ4v) is 3.57. The van der Waals surface area contributed by atoms with Gasteiger partial charge in [-0.3, -0.25) is 4.79 Å². The van der Waals surface area contributed by atoms with Crippen LogP contribution in [0.3, 0.4) is 0 Å². The van der Waals surface area contributed by atoms with E-state index in [2.05, 4.69) is 15.3 Å². The molecule has 0 aliphatic carbocycles. The van der Waals surface area contributed by atoms with Gasteiger partial charge in [0.1, 0.15) is 16.7 Å². The highest BCUT2D eigenvalue weighted by Gasteiger charge is 2.19. The molecular formula is C21H20FN3OS. The standard InChI is InChI=1S/C21H20FN3OS/c1-3-19(21(26)25-17-11-9-16(22)10-12-17)27-20-13-18(23-14(2)24-20)15-7-5-4-6-8-15/h4-13,19H,3H2,1-2H3,(H,25,26). The van der Waals surface area contributed by atoms with E-state index in [1.807, 2.05) is 50.2 Å². The van der Waals surface area contributed by atoms with E-state index in [0.29, 0.717) is 17.9 Å². The van der Waals surface area contributed by atoms with Crippen molar-refractivity contribution in [2.75, 3.05) is 5.32 Å². The molecule has 6 heteroatoms. The predicted octanol–water partition coefficient (Wildman–Crippen LogP) is 5.10. The minimum absolute atomic E-state index is 0.133. The minimum atomic E-state index is -0.334. The van der Waals surface area contributed by atoms with Crippen LogP contribution >= 0.6 is 11.8 Å². The van der Waals surface area contributed by atoms with Crippen LogP contribution in [0.15, 0.2) is 65.7 Å². The summed E-state index contributed by atoms with van der Waals surface area (Å²) in [5.74, 6) is 0.193. The molecule has 0 aliphatic heterocycles. The fraction of sp³-hybridized carbons (Fsp3) is 0.190. The van der Waals surface area contributed by atoms with Crippen molar-refractivity contribution < 1.29 is 9.18 Å². The molecule has 0 fully saturated rings. The first kappa shape index (κ1) is 19.0. The summed E-state index contributed by atoms with van der Waals surface area (Å²) in [7, 11) is 0. The van der Waals surface area contributed by atoms with Crippen LogP contribution in [0.25, 0.3) is 11.3 Å². The second-order valence-electron chi connectivity index (χ2n) is 6.02. The van der Waals surface area contributed by atoms with Gasteiger partial charge in [0.05, 0.1) is 10.9 Å². The lowest BCUT2D eigenvalue weighted by Crippen LogP contribution is -2.24. The number of halogens is 1. The van der Waals surface area contributed by atoms with Gasteiger partial charge in [0, 0.05) is 11.3 Å². The molecule has 4 nitrogen and oxygen atoms in total. The number of nitrogens with zero attached hydrogens (tertiary/aromatic N) is 2. The van der Waals surface area contributed by atoms with Gasteiger partial charge in [0.2, 0.25) is 5.91 Å². The number of amides is 1. The van der Waals surface area contributed by atoms with E-state index in [0.717, 1.165) is 16.3 Å². The number of aromatic nitrogens is 2. The van der Waals surface area contributed by atoms with E-state index in [9.17, 15) is 9.18 Å². The van der Waals surface area contributed by atoms with Gasteiger partial charge in [-0.25, -0.2) is 14.4 Å². The number of hydrogen-bond acceptors (Lipinski definition) is 4. The maximum Gasteiger partial charge on any atom is 0.237 e. The molecule has 138 valence electrons. The molecule has 0 aliphatic rings. The van der Waals surface area contributed by atoms with Gasteiger partial charge in [-0.2, -0.15) is 0 Å². The summed E-state index contributed by atoms with van der Waals surface area (Å²) in [6.07, 6.45) is 0.640. The topological polar surface area (TPSA) is 54.9 Å². The summed E-state index contributed by atoms with van der Waals surface area (Å²) in [6.45, 7) is 3.80. The zero-order valence-corrected chi connectivity index (χ0v) is 16.0. The smallest absolute Gasteiger partial charge is 0.237 e. The molecule has 27 heavy (non-hydrogen) atoms. The number of nitrogens with one attached hydrogen (secondary N) is 1. The number of aryl methyl sites for hydroxylation is 1. The van der Waals surface area contributed by atoms with E-state index in [1.54, 1.807) is 12.1 Å². The summed E-state index contributed by atoms with van der Waals surface area (Å²) in [5, 5.41) is 3.27. The third-order valence-corrected chi connectivity index (χ3v) is 5.20. The Labute approximate surface area is 162 Å². The SMILES string of the molecule is CCC(Sc1cc(-c2ccccc2)nc(C)n1)C(=O)Nc1ccc(F)cc1. The largest absolute Gasteiger partial charge is 0.325 e. The third-order valence-electron chi connectivity index (χ3n) is 3.92. The Kier molecular flexibility index (Phi) is 6.19. The van der Waals surface area contributed by atoms with Crippen LogP contribution in [0, 0.1) is 12.7 Å². The van der Waals surface area contributed by atoms with Crippen molar-refractivity contribution in [2.45, 2.75) is 30.5 Å². The molecule has 0 radical (unpaired) electrons. The second-order valence-corrected chi connectivity index (χ2v) is 7.24. The number of carbonyl (C=O) groups excluding carboxylic acids is 1. The van der Waals surface area contributed by atoms with Gasteiger partial charge < -0.3 is 5.32 Å². The van der Waals surface area contributed by atoms with Crippen LogP contribution in [0.4, 0.5) is 10.1 Å². The van der Waals surface area contributed by atoms with E-state index in [4.69, 9.17) is 0 Å². The van der Waals surface area contributed by atoms with Gasteiger partial charge in [-0.1, -0.05) is 49.0 Å². The fourth-order valence-electron chi connectivity index (χ4n) is 2.58. The first-order chi connectivity index (χ1) is 13.0. The highest BCUT2D eigenvalue weighted by atomic mass is 32.2. The third kappa shape index (κ3) is 5.14. The molecule has 1 unspecified atom stereocenters. The number of thioether (sulfide) groups is 1. The molecule has 0 saturated heterocycles. The van der Waals surface area contributed by atoms with Crippen molar-refractivity contribution >= 4 is 23.4 Å². The maximum atomic E-state index is 13.0. The van der Waals surface area contributed by atoms with Crippen molar-refractivity contribution in [3.63, 3.8) is 0 Å². The van der Waals surface area contributed by atoms with E-state index in [1.165, 1.54) is 23.9 Å². The lowest BCUT2D eigenvalue weighted by Gasteiger charge is -2.15. The Balaban J connectivity index is 1.76. The van der Waals surface area contributed by atoms with Crippen LogP contribution < -0.4 is 5.32 Å². The summed E-state index contributed by atoms with van der Waals surface area (Å²) >= 11 is 1.40. The van der Waals surface area contributed by atoms with Gasteiger partial charge in [-0.15, -0.1) is 0 Å². The molecule has 3 rings (SSSR count). The molecule has 1 amide bonds. The van der Waals surface area contributed by atoms with Gasteiger partial charge in [0.15, 0.2) is 0 Å². The highest BCUT2D eigenvalue weighted by molar-refractivity contribution is 8.00. The van der Waals surface area contributed by atoms with Crippen molar-refractivity contribution in [1.82, 2.24) is 9.97 Å². The van der Waals surface area contributed by atoms with Crippen LogP contribution in [0.2, 0.25) is 0 Å². The molecule has 0 spiro atoms. The molecule has 1 heterocycles. The summed E-state index contributed by atoms with van der Waals surface area (Å²) in [5.41, 5.74) is 2.41. The van der Waals surface area contributed by atoms with Crippen molar-refractivity contribution in [3.8, 4) is 11.3 Å². The minimum Gasteiger partial charge on any atom is -0.325 e. The number of hydrogen-bond donors (Lipinski definition) is 1. The Morgan fingerprint density at radius 2 is 1.81 bits per heavy atom. The van der Waals surface area contributed by atoms with Gasteiger partial charge in [0.25, 0.3) is 0 Å². The van der Waals surface area contributed by atoms with Gasteiger partial charge in [-0.05, 0) is 43.7 Å². The van der Waals surface area contributed by atoms with Crippen molar-refractivity contribution in [2.24, 2.45) is 0 Å². The molecule has 1 N–H and O–H groups in total. The molecule has 0 bridgehead atoms. The Hall–Kier alpha value is -2.73. The highest BCUT2D eigenvalue weighted by Crippen LogP contribution is 2.28. The number of benzene rings is 2. The summed E-state index contributed by atoms with van der Waals surface area (Å²) < 4.78 is 13.0. The monoisotopic (exact) mass is 381 g/mol. The molecule has 2 aromatic carbocycles. The molecule has 3 aromatic rings. The van der Waals surface area contributed by atoms with E-state index in [-0.39, 0.29) is 17.0 Å². The Morgan fingerprint density at radius 1 is 1.11 bits per heavy atom. The number of carbonyl (C=O) groups is 1. The van der Waals surface area contributed by atoms with E-state index < -0.39 is 0 Å². The van der Waals surface area contributed by atoms with E-state index >= 15 is 0 Å². The van der Waals surface area contributed by atoms with Crippen molar-refractivity contribution in [1.29, 1.82) is 0 Å². The average molecular weight is 381 g/mol. The lowest BCUT2D eigenvalue weighted by atomic mass is 10.1. The molecule has 1 atom stereocenters. The van der Waals surface area contributed by atoms with Crippen LogP contribution in [0.5, 0.6) is 0 Å². The Morgan fingerprint density at radius 3 is 2.48 bits per heavy atom. The normalized spacial score (nSPS) is 11.8. The summed E-state index contributed by atoms with van der Waals surface area (Å²) in [6, 6.07) is 17.5.